The molecule has 0 radical (unpaired) electrons. The molecule has 0 bridgehead atoms. The molecule has 0 unspecified atom stereocenters. The van der Waals surface area contributed by atoms with E-state index in [4.69, 9.17) is 4.74 Å². The molecule has 0 aliphatic carbocycles. The molecule has 0 saturated carbocycles. The van der Waals surface area contributed by atoms with Gasteiger partial charge in [-0.05, 0) is 121 Å². The molecule has 8 aromatic rings. The van der Waals surface area contributed by atoms with Gasteiger partial charge in [-0.2, -0.15) is 36.5 Å². The number of hydrogen-bond acceptors (Lipinski definition) is 7. The Morgan fingerprint density at radius 1 is 0.621 bits per heavy atom. The fraction of sp³-hybridized carbons (Fsp3) is 0.125. The molecule has 2 amide bonds. The van der Waals surface area contributed by atoms with E-state index in [0.29, 0.717) is 39.7 Å². The zero-order valence-corrected chi connectivity index (χ0v) is 34.7. The Hall–Kier alpha value is -8.28. The highest BCUT2D eigenvalue weighted by Crippen LogP contribution is 2.33. The Kier molecular flexibility index (Phi) is 13.0. The van der Waals surface area contributed by atoms with Crippen LogP contribution in [0, 0.1) is 0 Å². The van der Waals surface area contributed by atoms with E-state index in [1.165, 1.54) is 24.3 Å². The average molecular weight is 907 g/mol. The van der Waals surface area contributed by atoms with E-state index in [0.717, 1.165) is 46.5 Å². The number of ether oxygens (including phenoxy) is 1. The summed E-state index contributed by atoms with van der Waals surface area (Å²) in [6, 6.07) is 32.8. The third-order valence-electron chi connectivity index (χ3n) is 10.1. The molecule has 2 heterocycles. The number of halogens is 6. The molecule has 2 aromatic heterocycles. The van der Waals surface area contributed by atoms with Gasteiger partial charge < -0.3 is 20.5 Å². The molecular formula is C48H36F6N6O6. The molecule has 6 aromatic carbocycles. The number of rotatable bonds is 10. The van der Waals surface area contributed by atoms with Crippen LogP contribution in [0.5, 0.6) is 0 Å². The first-order chi connectivity index (χ1) is 31.4. The minimum absolute atomic E-state index is 0.0273. The summed E-state index contributed by atoms with van der Waals surface area (Å²) in [7, 11) is 0. The number of hydrogen-bond donors (Lipinski definition) is 4. The summed E-state index contributed by atoms with van der Waals surface area (Å²) < 4.78 is 84.2. The SMILES string of the molecule is CCOC(=O)c1n[nH]c2cc(-c3cccc(NC(=O)c4cccc(C(F)(F)F)c4)c3)ccc12.CCn1nc(C(=O)O)c2ccc(-c3cccc(NC(=O)c4cccc(C(F)(F)F)c4)c3)cc21. The van der Waals surface area contributed by atoms with Crippen molar-refractivity contribution in [3.63, 3.8) is 0 Å². The zero-order valence-electron chi connectivity index (χ0n) is 34.7. The lowest BCUT2D eigenvalue weighted by Gasteiger charge is -2.10. The van der Waals surface area contributed by atoms with Gasteiger partial charge in [0.05, 0.1) is 28.8 Å². The van der Waals surface area contributed by atoms with Crippen LogP contribution in [0.1, 0.15) is 66.7 Å². The summed E-state index contributed by atoms with van der Waals surface area (Å²) in [5.74, 6) is -2.94. The summed E-state index contributed by atoms with van der Waals surface area (Å²) >= 11 is 0. The average Bonchev–Trinajstić information content (AvgIpc) is 3.90. The van der Waals surface area contributed by atoms with Crippen LogP contribution in [0.3, 0.4) is 0 Å². The smallest absolute Gasteiger partial charge is 0.416 e. The maximum atomic E-state index is 12.9. The molecule has 66 heavy (non-hydrogen) atoms. The third-order valence-corrected chi connectivity index (χ3v) is 10.1. The first kappa shape index (κ1) is 45.7. The van der Waals surface area contributed by atoms with Gasteiger partial charge in [0.1, 0.15) is 0 Å². The lowest BCUT2D eigenvalue weighted by atomic mass is 10.0. The molecule has 18 heteroatoms. The number of carboxylic acids is 1. The summed E-state index contributed by atoms with van der Waals surface area (Å²) in [5.41, 5.74) is 3.35. The lowest BCUT2D eigenvalue weighted by molar-refractivity contribution is -0.138. The summed E-state index contributed by atoms with van der Waals surface area (Å²) in [5, 5.41) is 26.7. The number of carboxylic acid groups (broad SMARTS) is 1. The van der Waals surface area contributed by atoms with Gasteiger partial charge in [-0.3, -0.25) is 19.4 Å². The van der Waals surface area contributed by atoms with Crippen LogP contribution in [0.25, 0.3) is 44.1 Å². The van der Waals surface area contributed by atoms with Crippen LogP contribution in [-0.2, 0) is 23.6 Å². The van der Waals surface area contributed by atoms with Gasteiger partial charge in [0, 0.05) is 39.8 Å². The monoisotopic (exact) mass is 906 g/mol. The number of nitrogens with one attached hydrogen (secondary N) is 3. The van der Waals surface area contributed by atoms with Crippen LogP contribution in [0.2, 0.25) is 0 Å². The van der Waals surface area contributed by atoms with Crippen molar-refractivity contribution in [2.24, 2.45) is 0 Å². The molecule has 8 rings (SSSR count). The second-order valence-corrected chi connectivity index (χ2v) is 14.5. The van der Waals surface area contributed by atoms with Gasteiger partial charge in [0.2, 0.25) is 0 Å². The fourth-order valence-electron chi connectivity index (χ4n) is 6.94. The lowest BCUT2D eigenvalue weighted by Crippen LogP contribution is -2.14. The van der Waals surface area contributed by atoms with Crippen molar-refractivity contribution in [1.82, 2.24) is 20.0 Å². The second-order valence-electron chi connectivity index (χ2n) is 14.5. The predicted octanol–water partition coefficient (Wildman–Crippen LogP) is 11.4. The van der Waals surface area contributed by atoms with E-state index in [1.807, 2.05) is 25.1 Å². The number of H-pyrrole nitrogens is 1. The molecule has 4 N–H and O–H groups in total. The van der Waals surface area contributed by atoms with Crippen LogP contribution >= 0.6 is 0 Å². The summed E-state index contributed by atoms with van der Waals surface area (Å²) in [6.45, 7) is 4.29. The Labute approximate surface area is 370 Å². The molecule has 0 aliphatic rings. The second kappa shape index (κ2) is 18.8. The summed E-state index contributed by atoms with van der Waals surface area (Å²) in [4.78, 5) is 48.5. The van der Waals surface area contributed by atoms with Crippen molar-refractivity contribution >= 4 is 56.9 Å². The van der Waals surface area contributed by atoms with Gasteiger partial charge in [-0.1, -0.05) is 48.5 Å². The topological polar surface area (TPSA) is 168 Å². The predicted molar refractivity (Wildman–Crippen MR) is 234 cm³/mol. The number of carbonyl (C=O) groups excluding carboxylic acids is 3. The molecule has 0 fully saturated rings. The van der Waals surface area contributed by atoms with E-state index in [-0.39, 0.29) is 29.1 Å². The molecular weight excluding hydrogens is 871 g/mol. The highest BCUT2D eigenvalue weighted by Gasteiger charge is 2.32. The van der Waals surface area contributed by atoms with Crippen LogP contribution < -0.4 is 10.6 Å². The van der Waals surface area contributed by atoms with Gasteiger partial charge in [0.25, 0.3) is 11.8 Å². The van der Waals surface area contributed by atoms with E-state index in [2.05, 4.69) is 25.9 Å². The van der Waals surface area contributed by atoms with E-state index < -0.39 is 47.2 Å². The molecule has 336 valence electrons. The quantitative estimate of drug-likeness (QED) is 0.0777. The Morgan fingerprint density at radius 3 is 1.62 bits per heavy atom. The highest BCUT2D eigenvalue weighted by atomic mass is 19.4. The van der Waals surface area contributed by atoms with Gasteiger partial charge in [0.15, 0.2) is 11.4 Å². The number of amides is 2. The van der Waals surface area contributed by atoms with Crippen molar-refractivity contribution < 1.29 is 55.4 Å². The van der Waals surface area contributed by atoms with Crippen molar-refractivity contribution in [3.05, 3.63) is 167 Å². The Bertz CT molecular complexity index is 3140. The number of benzene rings is 6. The number of carbonyl (C=O) groups is 4. The van der Waals surface area contributed by atoms with Crippen molar-refractivity contribution in [2.45, 2.75) is 32.7 Å². The van der Waals surface area contributed by atoms with Crippen LogP contribution in [0.15, 0.2) is 133 Å². The zero-order chi connectivity index (χ0) is 47.3. The number of aromatic amines is 1. The maximum Gasteiger partial charge on any atom is 0.416 e. The number of esters is 1. The number of nitrogens with zero attached hydrogens (tertiary/aromatic N) is 3. The number of aromatic nitrogens is 4. The largest absolute Gasteiger partial charge is 0.476 e. The van der Waals surface area contributed by atoms with E-state index in [1.54, 1.807) is 78.3 Å². The Morgan fingerprint density at radius 2 is 1.12 bits per heavy atom. The van der Waals surface area contributed by atoms with Crippen molar-refractivity contribution in [1.29, 1.82) is 0 Å². The molecule has 0 aliphatic heterocycles. The van der Waals surface area contributed by atoms with E-state index >= 15 is 0 Å². The van der Waals surface area contributed by atoms with Crippen LogP contribution in [0.4, 0.5) is 37.7 Å². The Balaban J connectivity index is 0.000000196. The van der Waals surface area contributed by atoms with Gasteiger partial charge in [-0.25, -0.2) is 9.59 Å². The minimum atomic E-state index is -4.54. The molecule has 12 nitrogen and oxygen atoms in total. The maximum absolute atomic E-state index is 12.9. The minimum Gasteiger partial charge on any atom is -0.476 e. The van der Waals surface area contributed by atoms with Gasteiger partial charge >= 0.3 is 24.3 Å². The number of fused-ring (bicyclic) bond motifs is 2. The number of anilines is 2. The highest BCUT2D eigenvalue weighted by molar-refractivity contribution is 6.06. The number of aromatic carboxylic acids is 1. The third kappa shape index (κ3) is 10.2. The normalized spacial score (nSPS) is 11.5. The molecule has 0 saturated heterocycles. The fourth-order valence-corrected chi connectivity index (χ4v) is 6.94. The molecule has 0 atom stereocenters. The first-order valence-electron chi connectivity index (χ1n) is 20.0. The number of alkyl halides is 6. The first-order valence-corrected chi connectivity index (χ1v) is 20.0. The van der Waals surface area contributed by atoms with E-state index in [9.17, 15) is 50.6 Å². The van der Waals surface area contributed by atoms with Crippen molar-refractivity contribution in [3.8, 4) is 22.3 Å². The van der Waals surface area contributed by atoms with Crippen LogP contribution in [-0.4, -0.2) is 55.4 Å². The number of aryl methyl sites for hydroxylation is 1. The van der Waals surface area contributed by atoms with Gasteiger partial charge in [-0.15, -0.1) is 0 Å². The standard InChI is InChI=1S/2C24H18F3N3O3/c1-2-30-20-13-15(9-10-19(20)21(29-30)23(32)33)14-5-4-8-18(12-14)28-22(31)16-6-3-7-17(11-16)24(25,26)27;1-2-33-23(32)21-19-10-9-15(13-20(19)29-30-21)14-5-4-8-18(12-14)28-22(31)16-6-3-7-17(11-16)24(25,26)27/h3-13H,2H2,1H3,(H,28,31)(H,32,33);3-13H,2H2,1H3,(H,28,31)(H,29,30). The molecule has 0 spiro atoms. The summed E-state index contributed by atoms with van der Waals surface area (Å²) in [6.07, 6.45) is -9.07. The van der Waals surface area contributed by atoms with Crippen molar-refractivity contribution in [2.75, 3.05) is 17.2 Å².